The third-order valence-electron chi connectivity index (χ3n) is 1.95. The Morgan fingerprint density at radius 2 is 2.43 bits per heavy atom. The minimum atomic E-state index is 0.142. The van der Waals surface area contributed by atoms with E-state index in [1.54, 1.807) is 18.4 Å². The number of aromatic nitrogens is 1. The van der Waals surface area contributed by atoms with Gasteiger partial charge in [-0.3, -0.25) is 0 Å². The van der Waals surface area contributed by atoms with E-state index in [0.29, 0.717) is 0 Å². The van der Waals surface area contributed by atoms with Crippen molar-refractivity contribution in [3.05, 3.63) is 16.1 Å². The van der Waals surface area contributed by atoms with E-state index in [1.165, 1.54) is 0 Å². The lowest BCUT2D eigenvalue weighted by Crippen LogP contribution is -2.12. The van der Waals surface area contributed by atoms with Crippen molar-refractivity contribution in [1.82, 2.24) is 10.3 Å². The van der Waals surface area contributed by atoms with Crippen molar-refractivity contribution in [2.24, 2.45) is 0 Å². The highest BCUT2D eigenvalue weighted by Gasteiger charge is 2.18. The van der Waals surface area contributed by atoms with Crippen molar-refractivity contribution in [3.63, 3.8) is 0 Å². The van der Waals surface area contributed by atoms with Gasteiger partial charge in [0.2, 0.25) is 0 Å². The van der Waals surface area contributed by atoms with E-state index in [-0.39, 0.29) is 10.9 Å². The van der Waals surface area contributed by atoms with E-state index in [4.69, 9.17) is 4.74 Å². The molecule has 1 rings (SSSR count). The Hall–Kier alpha value is 0.0300. The summed E-state index contributed by atoms with van der Waals surface area (Å²) in [5, 5.41) is 6.22. The summed E-state index contributed by atoms with van der Waals surface area (Å²) in [6, 6.07) is 0. The fourth-order valence-electron chi connectivity index (χ4n) is 1.03. The van der Waals surface area contributed by atoms with Crippen LogP contribution in [-0.4, -0.2) is 25.2 Å². The molecule has 80 valence electrons. The quantitative estimate of drug-likeness (QED) is 0.840. The van der Waals surface area contributed by atoms with E-state index in [0.717, 1.165) is 17.2 Å². The fourth-order valence-corrected chi connectivity index (χ4v) is 2.56. The predicted molar refractivity (Wildman–Crippen MR) is 63.0 cm³/mol. The average Bonchev–Trinajstić information content (AvgIpc) is 2.64. The SMILES string of the molecule is CNCc1csc(C(Br)C(C)OC)n1. The summed E-state index contributed by atoms with van der Waals surface area (Å²) in [5.41, 5.74) is 1.08. The van der Waals surface area contributed by atoms with E-state index in [2.05, 4.69) is 31.6 Å². The van der Waals surface area contributed by atoms with Crippen molar-refractivity contribution >= 4 is 27.3 Å². The van der Waals surface area contributed by atoms with Gasteiger partial charge in [-0.2, -0.15) is 0 Å². The number of hydrogen-bond acceptors (Lipinski definition) is 4. The molecule has 0 bridgehead atoms. The summed E-state index contributed by atoms with van der Waals surface area (Å²) in [7, 11) is 3.63. The molecule has 0 spiro atoms. The second-order valence-electron chi connectivity index (χ2n) is 3.05. The molecule has 14 heavy (non-hydrogen) atoms. The lowest BCUT2D eigenvalue weighted by atomic mass is 10.3. The van der Waals surface area contributed by atoms with E-state index in [1.807, 2.05) is 14.0 Å². The van der Waals surface area contributed by atoms with Gasteiger partial charge in [0.25, 0.3) is 0 Å². The molecule has 0 fully saturated rings. The van der Waals surface area contributed by atoms with Crippen molar-refractivity contribution in [3.8, 4) is 0 Å². The summed E-state index contributed by atoms with van der Waals surface area (Å²) in [5.74, 6) is 0. The largest absolute Gasteiger partial charge is 0.380 e. The van der Waals surface area contributed by atoms with Gasteiger partial charge >= 0.3 is 0 Å². The molecule has 1 heterocycles. The molecule has 0 amide bonds. The maximum absolute atomic E-state index is 5.24. The molecule has 3 nitrogen and oxygen atoms in total. The third kappa shape index (κ3) is 3.02. The molecule has 1 aromatic rings. The number of alkyl halides is 1. The van der Waals surface area contributed by atoms with Crippen molar-refractivity contribution in [1.29, 1.82) is 0 Å². The molecular weight excluding hydrogens is 264 g/mol. The van der Waals surface area contributed by atoms with Crippen molar-refractivity contribution in [2.45, 2.75) is 24.4 Å². The molecule has 0 saturated heterocycles. The predicted octanol–water partition coefficient (Wildman–Crippen LogP) is 2.33. The molecule has 5 heteroatoms. The maximum atomic E-state index is 5.24. The number of nitrogens with one attached hydrogen (secondary N) is 1. The molecule has 2 unspecified atom stereocenters. The summed E-state index contributed by atoms with van der Waals surface area (Å²) in [6.45, 7) is 2.84. The Labute approximate surface area is 97.0 Å². The van der Waals surface area contributed by atoms with Crippen LogP contribution in [0.1, 0.15) is 22.5 Å². The molecule has 1 N–H and O–H groups in total. The second-order valence-corrected chi connectivity index (χ2v) is 4.93. The number of ether oxygens (including phenoxy) is 1. The van der Waals surface area contributed by atoms with Gasteiger partial charge in [0.1, 0.15) is 5.01 Å². The van der Waals surface area contributed by atoms with E-state index >= 15 is 0 Å². The van der Waals surface area contributed by atoms with Crippen LogP contribution in [0, 0.1) is 0 Å². The zero-order valence-electron chi connectivity index (χ0n) is 8.58. The van der Waals surface area contributed by atoms with Crippen molar-refractivity contribution < 1.29 is 4.74 Å². The van der Waals surface area contributed by atoms with Crippen LogP contribution in [0.25, 0.3) is 0 Å². The van der Waals surface area contributed by atoms with Crippen LogP contribution >= 0.6 is 27.3 Å². The molecule has 1 aromatic heterocycles. The lowest BCUT2D eigenvalue weighted by Gasteiger charge is -2.13. The first-order valence-corrected chi connectivity index (χ1v) is 6.24. The minimum Gasteiger partial charge on any atom is -0.380 e. The normalized spacial score (nSPS) is 15.4. The van der Waals surface area contributed by atoms with Crippen LogP contribution in [-0.2, 0) is 11.3 Å². The zero-order chi connectivity index (χ0) is 10.6. The standard InChI is InChI=1S/C9H15BrN2OS/c1-6(13-3)8(10)9-12-7(4-11-2)5-14-9/h5-6,8,11H,4H2,1-3H3. The van der Waals surface area contributed by atoms with Gasteiger partial charge < -0.3 is 10.1 Å². The number of hydrogen-bond donors (Lipinski definition) is 1. The number of thiazole rings is 1. The monoisotopic (exact) mass is 278 g/mol. The molecule has 2 atom stereocenters. The van der Waals surface area contributed by atoms with Gasteiger partial charge in [-0.25, -0.2) is 4.98 Å². The summed E-state index contributed by atoms with van der Waals surface area (Å²) >= 11 is 5.24. The Balaban J connectivity index is 2.65. The molecule has 0 aliphatic rings. The second kappa shape index (κ2) is 5.80. The molecule has 0 radical (unpaired) electrons. The highest BCUT2D eigenvalue weighted by molar-refractivity contribution is 9.09. The van der Waals surface area contributed by atoms with Gasteiger partial charge in [0.05, 0.1) is 16.6 Å². The molecule has 0 aromatic carbocycles. The Morgan fingerprint density at radius 1 is 1.71 bits per heavy atom. The van der Waals surface area contributed by atoms with Crippen LogP contribution in [0.4, 0.5) is 0 Å². The first-order valence-electron chi connectivity index (χ1n) is 4.44. The third-order valence-corrected chi connectivity index (χ3v) is 4.41. The number of methoxy groups -OCH3 is 1. The Morgan fingerprint density at radius 3 is 3.00 bits per heavy atom. The first-order chi connectivity index (χ1) is 6.69. The minimum absolute atomic E-state index is 0.142. The van der Waals surface area contributed by atoms with Crippen LogP contribution < -0.4 is 5.32 Å². The Bertz CT molecular complexity index is 280. The smallest absolute Gasteiger partial charge is 0.109 e. The lowest BCUT2D eigenvalue weighted by molar-refractivity contribution is 0.117. The van der Waals surface area contributed by atoms with E-state index < -0.39 is 0 Å². The first kappa shape index (κ1) is 12.1. The summed E-state index contributed by atoms with van der Waals surface area (Å²) in [6.07, 6.45) is 0.142. The topological polar surface area (TPSA) is 34.1 Å². The van der Waals surface area contributed by atoms with Gasteiger partial charge in [0, 0.05) is 19.0 Å². The zero-order valence-corrected chi connectivity index (χ0v) is 11.0. The van der Waals surface area contributed by atoms with Crippen molar-refractivity contribution in [2.75, 3.05) is 14.2 Å². The summed E-state index contributed by atoms with van der Waals surface area (Å²) in [4.78, 5) is 4.68. The van der Waals surface area contributed by atoms with Crippen LogP contribution in [0.5, 0.6) is 0 Å². The number of rotatable bonds is 5. The molecular formula is C9H15BrN2OS. The van der Waals surface area contributed by atoms with Crippen LogP contribution in [0.2, 0.25) is 0 Å². The van der Waals surface area contributed by atoms with Gasteiger partial charge in [0.15, 0.2) is 0 Å². The molecule has 0 saturated carbocycles. The number of nitrogens with zero attached hydrogens (tertiary/aromatic N) is 1. The van der Waals surface area contributed by atoms with Crippen LogP contribution in [0.3, 0.4) is 0 Å². The van der Waals surface area contributed by atoms with Gasteiger partial charge in [-0.1, -0.05) is 15.9 Å². The average molecular weight is 279 g/mol. The number of halogens is 1. The van der Waals surface area contributed by atoms with Gasteiger partial charge in [-0.15, -0.1) is 11.3 Å². The highest BCUT2D eigenvalue weighted by Crippen LogP contribution is 2.30. The fraction of sp³-hybridized carbons (Fsp3) is 0.667. The van der Waals surface area contributed by atoms with Gasteiger partial charge in [-0.05, 0) is 14.0 Å². The highest BCUT2D eigenvalue weighted by atomic mass is 79.9. The molecule has 0 aliphatic heterocycles. The van der Waals surface area contributed by atoms with Crippen LogP contribution in [0.15, 0.2) is 5.38 Å². The maximum Gasteiger partial charge on any atom is 0.109 e. The molecule has 0 aliphatic carbocycles. The summed E-state index contributed by atoms with van der Waals surface area (Å²) < 4.78 is 5.24. The Kier molecular flexibility index (Phi) is 5.01. The van der Waals surface area contributed by atoms with E-state index in [9.17, 15) is 0 Å².